The first-order valence-corrected chi connectivity index (χ1v) is 6.75. The standard InChI is InChI=1S/C10H10S.2C2H6/c1-2-8-7-11-10-6-4-3-5-9(8)10;2*1-2/h3-7H,2H2,1H3;2*1-2H3. The van der Waals surface area contributed by atoms with E-state index in [0.29, 0.717) is 0 Å². The van der Waals surface area contributed by atoms with Gasteiger partial charge in [-0.05, 0) is 28.8 Å². The number of thiophene rings is 1. The summed E-state index contributed by atoms with van der Waals surface area (Å²) in [6, 6.07) is 8.58. The SMILES string of the molecule is CC.CC.CCc1csc2ccccc12. The largest absolute Gasteiger partial charge is 0.144 e. The lowest BCUT2D eigenvalue weighted by atomic mass is 10.1. The second-order valence-electron chi connectivity index (χ2n) is 2.61. The molecule has 1 aromatic heterocycles. The van der Waals surface area contributed by atoms with Gasteiger partial charge in [-0.3, -0.25) is 0 Å². The molecule has 0 spiro atoms. The van der Waals surface area contributed by atoms with Crippen LogP contribution < -0.4 is 0 Å². The lowest BCUT2D eigenvalue weighted by molar-refractivity contribution is 1.17. The van der Waals surface area contributed by atoms with Crippen molar-refractivity contribution in [2.75, 3.05) is 0 Å². The third-order valence-corrected chi connectivity index (χ3v) is 2.95. The Bertz CT molecular complexity index is 360. The van der Waals surface area contributed by atoms with E-state index in [4.69, 9.17) is 0 Å². The molecule has 0 N–H and O–H groups in total. The minimum absolute atomic E-state index is 1.14. The molecule has 0 atom stereocenters. The van der Waals surface area contributed by atoms with Crippen LogP contribution in [0.25, 0.3) is 10.1 Å². The Hall–Kier alpha value is -0.820. The van der Waals surface area contributed by atoms with Gasteiger partial charge >= 0.3 is 0 Å². The fourth-order valence-electron chi connectivity index (χ4n) is 1.31. The summed E-state index contributed by atoms with van der Waals surface area (Å²) >= 11 is 1.84. The van der Waals surface area contributed by atoms with Gasteiger partial charge < -0.3 is 0 Å². The quantitative estimate of drug-likeness (QED) is 0.596. The maximum atomic E-state index is 2.25. The molecular weight excluding hydrogens is 200 g/mol. The van der Waals surface area contributed by atoms with Crippen molar-refractivity contribution in [2.45, 2.75) is 41.0 Å². The van der Waals surface area contributed by atoms with Gasteiger partial charge in [0.05, 0.1) is 0 Å². The molecule has 0 amide bonds. The van der Waals surface area contributed by atoms with Crippen LogP contribution in [0.2, 0.25) is 0 Å². The average Bonchev–Trinajstić information content (AvgIpc) is 2.77. The predicted octanol–water partition coefficient (Wildman–Crippen LogP) is 5.52. The van der Waals surface area contributed by atoms with Gasteiger partial charge in [0.25, 0.3) is 0 Å². The molecule has 1 heterocycles. The first-order chi connectivity index (χ1) is 7.42. The molecule has 15 heavy (non-hydrogen) atoms. The summed E-state index contributed by atoms with van der Waals surface area (Å²) in [4.78, 5) is 0. The molecule has 0 saturated heterocycles. The Kier molecular flexibility index (Phi) is 8.02. The second kappa shape index (κ2) is 8.49. The molecule has 0 saturated carbocycles. The zero-order valence-electron chi connectivity index (χ0n) is 10.5. The van der Waals surface area contributed by atoms with Crippen molar-refractivity contribution in [3.05, 3.63) is 35.2 Å². The van der Waals surface area contributed by atoms with Crippen LogP contribution in [0.1, 0.15) is 40.2 Å². The fraction of sp³-hybridized carbons (Fsp3) is 0.429. The molecule has 2 rings (SSSR count). The molecule has 0 radical (unpaired) electrons. The highest BCUT2D eigenvalue weighted by molar-refractivity contribution is 7.17. The summed E-state index contributed by atoms with van der Waals surface area (Å²) in [5.74, 6) is 0. The number of aryl methyl sites for hydroxylation is 1. The maximum Gasteiger partial charge on any atom is 0.0345 e. The molecule has 0 aliphatic rings. The van der Waals surface area contributed by atoms with Crippen LogP contribution >= 0.6 is 11.3 Å². The Balaban J connectivity index is 0.000000442. The van der Waals surface area contributed by atoms with Crippen molar-refractivity contribution < 1.29 is 0 Å². The number of fused-ring (bicyclic) bond motifs is 1. The second-order valence-corrected chi connectivity index (χ2v) is 3.52. The maximum absolute atomic E-state index is 2.25. The van der Waals surface area contributed by atoms with Gasteiger partial charge in [0.15, 0.2) is 0 Å². The summed E-state index contributed by atoms with van der Waals surface area (Å²) in [6.07, 6.45) is 1.14. The Morgan fingerprint density at radius 1 is 1.00 bits per heavy atom. The lowest BCUT2D eigenvalue weighted by Gasteiger charge is -1.90. The molecule has 0 aliphatic carbocycles. The van der Waals surface area contributed by atoms with Gasteiger partial charge in [-0.15, -0.1) is 11.3 Å². The highest BCUT2D eigenvalue weighted by Gasteiger charge is 1.98. The Morgan fingerprint density at radius 3 is 2.20 bits per heavy atom. The molecule has 0 fully saturated rings. The normalized spacial score (nSPS) is 8.60. The summed E-state index contributed by atoms with van der Waals surface area (Å²) < 4.78 is 1.41. The van der Waals surface area contributed by atoms with Crippen LogP contribution in [0.15, 0.2) is 29.6 Å². The first kappa shape index (κ1) is 14.2. The van der Waals surface area contributed by atoms with Crippen molar-refractivity contribution in [1.29, 1.82) is 0 Å². The van der Waals surface area contributed by atoms with E-state index in [9.17, 15) is 0 Å². The molecular formula is C14H22S. The van der Waals surface area contributed by atoms with E-state index < -0.39 is 0 Å². The Labute approximate surface area is 98.0 Å². The van der Waals surface area contributed by atoms with E-state index >= 15 is 0 Å². The summed E-state index contributed by atoms with van der Waals surface area (Å²) in [5.41, 5.74) is 1.48. The average molecular weight is 222 g/mol. The molecule has 2 aromatic rings. The van der Waals surface area contributed by atoms with Gasteiger partial charge in [-0.1, -0.05) is 52.8 Å². The van der Waals surface area contributed by atoms with E-state index in [1.807, 2.05) is 39.0 Å². The number of benzene rings is 1. The minimum atomic E-state index is 1.14. The van der Waals surface area contributed by atoms with Crippen molar-refractivity contribution in [2.24, 2.45) is 0 Å². The molecule has 0 aliphatic heterocycles. The van der Waals surface area contributed by atoms with Gasteiger partial charge in [-0.2, -0.15) is 0 Å². The molecule has 0 bridgehead atoms. The summed E-state index contributed by atoms with van der Waals surface area (Å²) in [6.45, 7) is 10.2. The zero-order valence-corrected chi connectivity index (χ0v) is 11.3. The summed E-state index contributed by atoms with van der Waals surface area (Å²) in [5, 5.41) is 3.69. The molecule has 0 nitrogen and oxygen atoms in total. The van der Waals surface area contributed by atoms with Crippen LogP contribution in [-0.4, -0.2) is 0 Å². The van der Waals surface area contributed by atoms with E-state index in [0.717, 1.165) is 6.42 Å². The van der Waals surface area contributed by atoms with E-state index in [1.54, 1.807) is 0 Å². The molecule has 0 unspecified atom stereocenters. The molecule has 84 valence electrons. The number of hydrogen-bond donors (Lipinski definition) is 0. The highest BCUT2D eigenvalue weighted by Crippen LogP contribution is 2.25. The van der Waals surface area contributed by atoms with Crippen LogP contribution in [-0.2, 0) is 6.42 Å². The lowest BCUT2D eigenvalue weighted by Crippen LogP contribution is -1.72. The molecule has 1 heteroatoms. The van der Waals surface area contributed by atoms with Gasteiger partial charge in [0, 0.05) is 4.70 Å². The number of rotatable bonds is 1. The summed E-state index contributed by atoms with van der Waals surface area (Å²) in [7, 11) is 0. The van der Waals surface area contributed by atoms with Crippen LogP contribution in [0.5, 0.6) is 0 Å². The van der Waals surface area contributed by atoms with Crippen LogP contribution in [0.3, 0.4) is 0 Å². The van der Waals surface area contributed by atoms with E-state index in [-0.39, 0.29) is 0 Å². The van der Waals surface area contributed by atoms with Gasteiger partial charge in [0.2, 0.25) is 0 Å². The Morgan fingerprint density at radius 2 is 1.60 bits per heavy atom. The van der Waals surface area contributed by atoms with Crippen molar-refractivity contribution >= 4 is 21.4 Å². The van der Waals surface area contributed by atoms with E-state index in [2.05, 4.69) is 36.6 Å². The van der Waals surface area contributed by atoms with Crippen molar-refractivity contribution in [3.8, 4) is 0 Å². The topological polar surface area (TPSA) is 0 Å². The zero-order chi connectivity index (χ0) is 11.7. The van der Waals surface area contributed by atoms with Crippen LogP contribution in [0, 0.1) is 0 Å². The van der Waals surface area contributed by atoms with E-state index in [1.165, 1.54) is 15.6 Å². The first-order valence-electron chi connectivity index (χ1n) is 5.87. The van der Waals surface area contributed by atoms with Crippen molar-refractivity contribution in [3.63, 3.8) is 0 Å². The minimum Gasteiger partial charge on any atom is -0.144 e. The predicted molar refractivity (Wildman–Crippen MR) is 73.9 cm³/mol. The highest BCUT2D eigenvalue weighted by atomic mass is 32.1. The monoisotopic (exact) mass is 222 g/mol. The smallest absolute Gasteiger partial charge is 0.0345 e. The van der Waals surface area contributed by atoms with Crippen molar-refractivity contribution in [1.82, 2.24) is 0 Å². The fourth-order valence-corrected chi connectivity index (χ4v) is 2.35. The third-order valence-electron chi connectivity index (χ3n) is 1.94. The number of hydrogen-bond acceptors (Lipinski definition) is 1. The third kappa shape index (κ3) is 3.67. The molecule has 1 aromatic carbocycles. The van der Waals surface area contributed by atoms with Gasteiger partial charge in [-0.25, -0.2) is 0 Å². The van der Waals surface area contributed by atoms with Crippen LogP contribution in [0.4, 0.5) is 0 Å². The van der Waals surface area contributed by atoms with Gasteiger partial charge in [0.1, 0.15) is 0 Å².